The molecule has 0 aromatic rings. The van der Waals surface area contributed by atoms with Crippen molar-refractivity contribution in [3.05, 3.63) is 12.2 Å². The molecular formula is C9H17ClO2Si. The number of hydrogen-bond acceptors (Lipinski definition) is 2. The minimum Gasteiger partial charge on any atom is -0.462 e. The number of rotatable bonds is 5. The van der Waals surface area contributed by atoms with Crippen molar-refractivity contribution in [1.82, 2.24) is 0 Å². The van der Waals surface area contributed by atoms with E-state index < -0.39 is 8.83 Å². The molecule has 0 aliphatic heterocycles. The van der Waals surface area contributed by atoms with Gasteiger partial charge in [0.1, 0.15) is 8.83 Å². The van der Waals surface area contributed by atoms with Crippen molar-refractivity contribution >= 4 is 25.9 Å². The summed E-state index contributed by atoms with van der Waals surface area (Å²) < 4.78 is 4.97. The van der Waals surface area contributed by atoms with Crippen molar-refractivity contribution in [2.45, 2.75) is 32.2 Å². The summed E-state index contributed by atoms with van der Waals surface area (Å²) in [5.74, 6) is -0.313. The molecule has 13 heavy (non-hydrogen) atoms. The Labute approximate surface area is 86.8 Å². The zero-order chi connectivity index (χ0) is 10.5. The Morgan fingerprint density at radius 3 is 2.54 bits per heavy atom. The highest BCUT2D eigenvalue weighted by Crippen LogP contribution is 2.28. The average molecular weight is 221 g/mol. The first kappa shape index (κ1) is 12.7. The van der Waals surface area contributed by atoms with Crippen LogP contribution in [0.2, 0.25) is 5.04 Å². The first-order valence-corrected chi connectivity index (χ1v) is 7.12. The van der Waals surface area contributed by atoms with E-state index in [9.17, 15) is 4.79 Å². The van der Waals surface area contributed by atoms with E-state index in [0.29, 0.717) is 12.2 Å². The van der Waals surface area contributed by atoms with Gasteiger partial charge in [-0.15, -0.1) is 0 Å². The van der Waals surface area contributed by atoms with E-state index in [-0.39, 0.29) is 11.0 Å². The zero-order valence-electron chi connectivity index (χ0n) is 8.52. The molecular weight excluding hydrogens is 204 g/mol. The number of carbonyl (C=O) groups is 1. The maximum Gasteiger partial charge on any atom is 0.333 e. The molecule has 0 spiro atoms. The van der Waals surface area contributed by atoms with Crippen LogP contribution in [0.4, 0.5) is 0 Å². The molecule has 0 saturated heterocycles. The highest BCUT2D eigenvalue weighted by molar-refractivity contribution is 6.95. The van der Waals surface area contributed by atoms with Gasteiger partial charge in [0.2, 0.25) is 0 Å². The van der Waals surface area contributed by atoms with Crippen molar-refractivity contribution in [2.75, 3.05) is 6.61 Å². The van der Waals surface area contributed by atoms with Crippen LogP contribution in [0, 0.1) is 0 Å². The normalized spacial score (nSPS) is 12.0. The second-order valence-electron chi connectivity index (χ2n) is 3.96. The first-order chi connectivity index (χ1) is 5.89. The van der Waals surface area contributed by atoms with Gasteiger partial charge in [0.25, 0.3) is 0 Å². The first-order valence-electron chi connectivity index (χ1n) is 4.27. The third kappa shape index (κ3) is 5.88. The predicted molar refractivity (Wildman–Crippen MR) is 58.8 cm³/mol. The Balaban J connectivity index is 3.68. The summed E-state index contributed by atoms with van der Waals surface area (Å²) >= 11 is 5.85. The lowest BCUT2D eigenvalue weighted by atomic mass is 10.1. The Bertz CT molecular complexity index is 202. The van der Waals surface area contributed by atoms with Gasteiger partial charge in [-0.3, -0.25) is 0 Å². The Morgan fingerprint density at radius 1 is 1.62 bits per heavy atom. The minimum atomic E-state index is -0.564. The maximum absolute atomic E-state index is 11.0. The summed E-state index contributed by atoms with van der Waals surface area (Å²) in [7, 11) is -0.564. The van der Waals surface area contributed by atoms with Crippen LogP contribution in [0.3, 0.4) is 0 Å². The van der Waals surface area contributed by atoms with Crippen LogP contribution in [-0.2, 0) is 9.53 Å². The van der Waals surface area contributed by atoms with Gasteiger partial charge in [0.05, 0.1) is 6.61 Å². The Hall–Kier alpha value is -0.283. The van der Waals surface area contributed by atoms with Gasteiger partial charge < -0.3 is 4.74 Å². The smallest absolute Gasteiger partial charge is 0.333 e. The molecule has 0 rings (SSSR count). The van der Waals surface area contributed by atoms with Gasteiger partial charge in [0, 0.05) is 5.57 Å². The van der Waals surface area contributed by atoms with E-state index in [1.807, 2.05) is 0 Å². The number of hydrogen-bond donors (Lipinski definition) is 0. The SMILES string of the molecule is C=C(C)C(=O)OCCC(C)(C)[SiH2]Cl. The standard InChI is InChI=1S/C9H17ClO2Si/c1-7(2)8(11)12-6-5-9(3,4)13-10/h1,5-6,13H2,2-4H3. The van der Waals surface area contributed by atoms with Gasteiger partial charge in [-0.2, -0.15) is 11.1 Å². The molecule has 0 N–H and O–H groups in total. The van der Waals surface area contributed by atoms with Gasteiger partial charge >= 0.3 is 5.97 Å². The molecule has 0 saturated carbocycles. The molecule has 0 aromatic carbocycles. The molecule has 0 atom stereocenters. The van der Waals surface area contributed by atoms with Crippen molar-refractivity contribution in [1.29, 1.82) is 0 Å². The van der Waals surface area contributed by atoms with E-state index in [1.165, 1.54) is 0 Å². The van der Waals surface area contributed by atoms with Crippen LogP contribution in [0.15, 0.2) is 12.2 Å². The lowest BCUT2D eigenvalue weighted by molar-refractivity contribution is -0.139. The zero-order valence-corrected chi connectivity index (χ0v) is 10.7. The van der Waals surface area contributed by atoms with Crippen LogP contribution in [-0.4, -0.2) is 21.4 Å². The fraction of sp³-hybridized carbons (Fsp3) is 0.667. The predicted octanol–water partition coefficient (Wildman–Crippen LogP) is 2.02. The molecule has 0 fully saturated rings. The summed E-state index contributed by atoms with van der Waals surface area (Å²) in [6, 6.07) is 0. The van der Waals surface area contributed by atoms with E-state index in [2.05, 4.69) is 20.4 Å². The summed E-state index contributed by atoms with van der Waals surface area (Å²) in [5.41, 5.74) is 0.445. The number of halogens is 1. The topological polar surface area (TPSA) is 26.3 Å². The fourth-order valence-electron chi connectivity index (χ4n) is 0.610. The average Bonchev–Trinajstić information content (AvgIpc) is 2.04. The van der Waals surface area contributed by atoms with Crippen molar-refractivity contribution in [2.24, 2.45) is 0 Å². The number of ether oxygens (including phenoxy) is 1. The van der Waals surface area contributed by atoms with Crippen LogP contribution < -0.4 is 0 Å². The monoisotopic (exact) mass is 220 g/mol. The molecule has 76 valence electrons. The van der Waals surface area contributed by atoms with Crippen molar-refractivity contribution in [3.63, 3.8) is 0 Å². The highest BCUT2D eigenvalue weighted by atomic mass is 35.6. The number of esters is 1. The summed E-state index contributed by atoms with van der Waals surface area (Å²) in [6.45, 7) is 9.78. The lowest BCUT2D eigenvalue weighted by Crippen LogP contribution is -2.14. The molecule has 0 bridgehead atoms. The Kier molecular flexibility index (Phi) is 5.33. The second-order valence-corrected chi connectivity index (χ2v) is 6.95. The summed E-state index contributed by atoms with van der Waals surface area (Å²) in [4.78, 5) is 11.0. The van der Waals surface area contributed by atoms with Crippen molar-refractivity contribution < 1.29 is 9.53 Å². The molecule has 0 aromatic heterocycles. The van der Waals surface area contributed by atoms with Gasteiger partial charge in [-0.25, -0.2) is 4.79 Å². The van der Waals surface area contributed by atoms with E-state index in [1.54, 1.807) is 6.92 Å². The van der Waals surface area contributed by atoms with E-state index in [0.717, 1.165) is 6.42 Å². The van der Waals surface area contributed by atoms with Crippen LogP contribution in [0.5, 0.6) is 0 Å². The maximum atomic E-state index is 11.0. The molecule has 0 aliphatic rings. The van der Waals surface area contributed by atoms with Crippen LogP contribution in [0.1, 0.15) is 27.2 Å². The summed E-state index contributed by atoms with van der Waals surface area (Å²) in [6.07, 6.45) is 0.835. The molecule has 2 nitrogen and oxygen atoms in total. The largest absolute Gasteiger partial charge is 0.462 e. The molecule has 0 aliphatic carbocycles. The molecule has 0 amide bonds. The van der Waals surface area contributed by atoms with Crippen LogP contribution in [0.25, 0.3) is 0 Å². The van der Waals surface area contributed by atoms with Gasteiger partial charge in [-0.05, 0) is 18.4 Å². The van der Waals surface area contributed by atoms with E-state index in [4.69, 9.17) is 15.8 Å². The van der Waals surface area contributed by atoms with Crippen LogP contribution >= 0.6 is 11.1 Å². The third-order valence-corrected chi connectivity index (χ3v) is 4.97. The summed E-state index contributed by atoms with van der Waals surface area (Å²) in [5, 5.41) is 0.164. The minimum absolute atomic E-state index is 0.164. The van der Waals surface area contributed by atoms with Gasteiger partial charge in [0.15, 0.2) is 0 Å². The van der Waals surface area contributed by atoms with Gasteiger partial charge in [-0.1, -0.05) is 20.4 Å². The molecule has 0 heterocycles. The van der Waals surface area contributed by atoms with Crippen molar-refractivity contribution in [3.8, 4) is 0 Å². The van der Waals surface area contributed by atoms with E-state index >= 15 is 0 Å². The molecule has 0 radical (unpaired) electrons. The fourth-order valence-corrected chi connectivity index (χ4v) is 1.29. The second kappa shape index (κ2) is 5.45. The lowest BCUT2D eigenvalue weighted by Gasteiger charge is -2.19. The molecule has 0 unspecified atom stereocenters. The Morgan fingerprint density at radius 2 is 2.15 bits per heavy atom. The quantitative estimate of drug-likeness (QED) is 0.307. The third-order valence-electron chi connectivity index (χ3n) is 1.72. The highest BCUT2D eigenvalue weighted by Gasteiger charge is 2.17. The molecule has 4 heteroatoms. The number of carbonyl (C=O) groups excluding carboxylic acids is 1.